The number of hydrogen-bond acceptors (Lipinski definition) is 3. The molecule has 0 aliphatic carbocycles. The van der Waals surface area contributed by atoms with Gasteiger partial charge in [0, 0.05) is 11.2 Å². The molecule has 3 heteroatoms. The minimum atomic E-state index is 0.313. The topological polar surface area (TPSA) is 46.2 Å². The van der Waals surface area contributed by atoms with Crippen LogP contribution in [-0.4, -0.2) is 5.11 Å². The van der Waals surface area contributed by atoms with E-state index < -0.39 is 0 Å². The molecule has 2 rings (SSSR count). The Labute approximate surface area is 74.3 Å². The monoisotopic (exact) mass is 179 g/mol. The first-order valence-corrected chi connectivity index (χ1v) is 4.58. The van der Waals surface area contributed by atoms with Crippen LogP contribution in [0.25, 0.3) is 10.1 Å². The smallest absolute Gasteiger partial charge is 0.117 e. The van der Waals surface area contributed by atoms with E-state index in [0.717, 1.165) is 15.6 Å². The Hall–Kier alpha value is -1.06. The van der Waals surface area contributed by atoms with E-state index in [0.29, 0.717) is 12.3 Å². The van der Waals surface area contributed by atoms with Gasteiger partial charge >= 0.3 is 0 Å². The lowest BCUT2D eigenvalue weighted by Gasteiger charge is -1.94. The summed E-state index contributed by atoms with van der Waals surface area (Å²) in [4.78, 5) is 0. The Morgan fingerprint density at radius 2 is 2.25 bits per heavy atom. The molecule has 0 saturated carbocycles. The van der Waals surface area contributed by atoms with Crippen LogP contribution in [0.3, 0.4) is 0 Å². The molecule has 2 aromatic rings. The second-order valence-corrected chi connectivity index (χ2v) is 3.56. The van der Waals surface area contributed by atoms with Crippen molar-refractivity contribution in [3.8, 4) is 5.75 Å². The lowest BCUT2D eigenvalue weighted by atomic mass is 10.2. The average Bonchev–Trinajstić information content (AvgIpc) is 2.46. The second kappa shape index (κ2) is 2.77. The zero-order chi connectivity index (χ0) is 8.55. The van der Waals surface area contributed by atoms with Crippen molar-refractivity contribution < 1.29 is 5.11 Å². The molecule has 2 nitrogen and oxygen atoms in total. The fourth-order valence-electron chi connectivity index (χ4n) is 1.23. The number of thiophene rings is 1. The van der Waals surface area contributed by atoms with Gasteiger partial charge in [-0.3, -0.25) is 0 Å². The number of phenolic OH excluding ortho intramolecular Hbond substituents is 1. The molecule has 1 heterocycles. The molecular formula is C9H9NOS. The summed E-state index contributed by atoms with van der Waals surface area (Å²) in [6.45, 7) is 0.560. The first-order chi connectivity index (χ1) is 5.81. The van der Waals surface area contributed by atoms with Gasteiger partial charge in [0.1, 0.15) is 5.75 Å². The highest BCUT2D eigenvalue weighted by Gasteiger charge is 2.01. The normalized spacial score (nSPS) is 10.8. The van der Waals surface area contributed by atoms with E-state index in [4.69, 9.17) is 5.73 Å². The predicted molar refractivity (Wildman–Crippen MR) is 51.4 cm³/mol. The zero-order valence-electron chi connectivity index (χ0n) is 6.45. The summed E-state index contributed by atoms with van der Waals surface area (Å²) in [6, 6.07) is 5.36. The van der Waals surface area contributed by atoms with Crippen molar-refractivity contribution in [3.63, 3.8) is 0 Å². The molecule has 0 atom stereocenters. The van der Waals surface area contributed by atoms with Gasteiger partial charge in [-0.25, -0.2) is 0 Å². The van der Waals surface area contributed by atoms with Crippen molar-refractivity contribution in [2.24, 2.45) is 5.73 Å². The first-order valence-electron chi connectivity index (χ1n) is 3.70. The van der Waals surface area contributed by atoms with E-state index in [2.05, 4.69) is 0 Å². The van der Waals surface area contributed by atoms with Crippen LogP contribution < -0.4 is 5.73 Å². The standard InChI is InChI=1S/C9H9NOS/c10-4-6-5-12-9-3-7(11)1-2-8(6)9/h1-3,5,11H,4,10H2. The van der Waals surface area contributed by atoms with Gasteiger partial charge < -0.3 is 10.8 Å². The van der Waals surface area contributed by atoms with Crippen LogP contribution in [0, 0.1) is 0 Å². The molecule has 0 spiro atoms. The molecule has 0 bridgehead atoms. The van der Waals surface area contributed by atoms with Gasteiger partial charge in [-0.05, 0) is 34.5 Å². The molecule has 0 saturated heterocycles. The molecule has 3 N–H and O–H groups in total. The van der Waals surface area contributed by atoms with Gasteiger partial charge in [-0.15, -0.1) is 11.3 Å². The van der Waals surface area contributed by atoms with Crippen molar-refractivity contribution in [2.75, 3.05) is 0 Å². The highest BCUT2D eigenvalue weighted by molar-refractivity contribution is 7.17. The Morgan fingerprint density at radius 3 is 3.00 bits per heavy atom. The van der Waals surface area contributed by atoms with Crippen LogP contribution in [0.15, 0.2) is 23.6 Å². The third-order valence-corrected chi connectivity index (χ3v) is 2.85. The van der Waals surface area contributed by atoms with Gasteiger partial charge in [0.25, 0.3) is 0 Å². The van der Waals surface area contributed by atoms with Crippen molar-refractivity contribution >= 4 is 21.4 Å². The molecule has 1 aromatic carbocycles. The van der Waals surface area contributed by atoms with E-state index in [-0.39, 0.29) is 0 Å². The molecule has 0 amide bonds. The third kappa shape index (κ3) is 1.07. The maximum Gasteiger partial charge on any atom is 0.117 e. The molecule has 1 aromatic heterocycles. The van der Waals surface area contributed by atoms with Crippen molar-refractivity contribution in [3.05, 3.63) is 29.1 Å². The van der Waals surface area contributed by atoms with Crippen molar-refractivity contribution in [2.45, 2.75) is 6.54 Å². The minimum Gasteiger partial charge on any atom is -0.508 e. The average molecular weight is 179 g/mol. The Balaban J connectivity index is 2.73. The molecule has 12 heavy (non-hydrogen) atoms. The van der Waals surface area contributed by atoms with E-state index >= 15 is 0 Å². The van der Waals surface area contributed by atoms with Gasteiger partial charge in [0.2, 0.25) is 0 Å². The maximum absolute atomic E-state index is 9.19. The molecule has 0 unspecified atom stereocenters. The number of benzene rings is 1. The Bertz CT molecular complexity index is 408. The number of fused-ring (bicyclic) bond motifs is 1. The maximum atomic E-state index is 9.19. The molecule has 0 aliphatic heterocycles. The summed E-state index contributed by atoms with van der Waals surface area (Å²) in [7, 11) is 0. The predicted octanol–water partition coefficient (Wildman–Crippen LogP) is 2.07. The summed E-state index contributed by atoms with van der Waals surface area (Å²) in [5.41, 5.74) is 6.69. The van der Waals surface area contributed by atoms with E-state index in [1.54, 1.807) is 23.5 Å². The fourth-order valence-corrected chi connectivity index (χ4v) is 2.24. The number of aromatic hydroxyl groups is 1. The largest absolute Gasteiger partial charge is 0.508 e. The van der Waals surface area contributed by atoms with Crippen LogP contribution in [-0.2, 0) is 6.54 Å². The molecule has 0 fully saturated rings. The van der Waals surface area contributed by atoms with Gasteiger partial charge in [0.15, 0.2) is 0 Å². The minimum absolute atomic E-state index is 0.313. The molecule has 0 radical (unpaired) electrons. The summed E-state index contributed by atoms with van der Waals surface area (Å²) in [6.07, 6.45) is 0. The van der Waals surface area contributed by atoms with E-state index in [1.165, 1.54) is 0 Å². The number of rotatable bonds is 1. The third-order valence-electron chi connectivity index (χ3n) is 1.86. The summed E-state index contributed by atoms with van der Waals surface area (Å²) < 4.78 is 1.09. The summed E-state index contributed by atoms with van der Waals surface area (Å²) in [5, 5.41) is 12.4. The van der Waals surface area contributed by atoms with Crippen LogP contribution in [0.4, 0.5) is 0 Å². The SMILES string of the molecule is NCc1csc2cc(O)ccc12. The second-order valence-electron chi connectivity index (χ2n) is 2.65. The Morgan fingerprint density at radius 1 is 1.42 bits per heavy atom. The van der Waals surface area contributed by atoms with Crippen molar-refractivity contribution in [1.82, 2.24) is 0 Å². The Kier molecular flexibility index (Phi) is 1.75. The lowest BCUT2D eigenvalue weighted by Crippen LogP contribution is -1.93. The lowest BCUT2D eigenvalue weighted by molar-refractivity contribution is 0.476. The summed E-state index contributed by atoms with van der Waals surface area (Å²) >= 11 is 1.61. The highest BCUT2D eigenvalue weighted by atomic mass is 32.1. The van der Waals surface area contributed by atoms with Gasteiger partial charge in [-0.1, -0.05) is 0 Å². The van der Waals surface area contributed by atoms with Crippen LogP contribution in [0.2, 0.25) is 0 Å². The first kappa shape index (κ1) is 7.58. The van der Waals surface area contributed by atoms with Crippen LogP contribution in [0.5, 0.6) is 5.75 Å². The highest BCUT2D eigenvalue weighted by Crippen LogP contribution is 2.28. The zero-order valence-corrected chi connectivity index (χ0v) is 7.27. The molecule has 0 aliphatic rings. The van der Waals surface area contributed by atoms with E-state index in [9.17, 15) is 5.11 Å². The fraction of sp³-hybridized carbons (Fsp3) is 0.111. The quantitative estimate of drug-likeness (QED) is 0.704. The van der Waals surface area contributed by atoms with E-state index in [1.807, 2.05) is 11.4 Å². The summed E-state index contributed by atoms with van der Waals surface area (Å²) in [5.74, 6) is 0.313. The molecule has 62 valence electrons. The van der Waals surface area contributed by atoms with Crippen LogP contribution in [0.1, 0.15) is 5.56 Å². The molecular weight excluding hydrogens is 170 g/mol. The number of hydrogen-bond donors (Lipinski definition) is 2. The number of nitrogens with two attached hydrogens (primary N) is 1. The van der Waals surface area contributed by atoms with Gasteiger partial charge in [-0.2, -0.15) is 0 Å². The van der Waals surface area contributed by atoms with Gasteiger partial charge in [0.05, 0.1) is 0 Å². The van der Waals surface area contributed by atoms with Crippen LogP contribution >= 0.6 is 11.3 Å². The van der Waals surface area contributed by atoms with Crippen molar-refractivity contribution in [1.29, 1.82) is 0 Å². The number of phenols is 1.